The van der Waals surface area contributed by atoms with Gasteiger partial charge >= 0.3 is 0 Å². The van der Waals surface area contributed by atoms with Gasteiger partial charge in [-0.05, 0) is 24.6 Å². The maximum absolute atomic E-state index is 11.7. The molecule has 0 aliphatic carbocycles. The van der Waals surface area contributed by atoms with Crippen molar-refractivity contribution in [3.05, 3.63) is 35.4 Å². The fraction of sp³-hybridized carbons (Fsp3) is 0.429. The number of nitrogens with two attached hydrogens (primary N) is 1. The predicted molar refractivity (Wildman–Crippen MR) is 74.5 cm³/mol. The van der Waals surface area contributed by atoms with Crippen molar-refractivity contribution in [2.45, 2.75) is 20.4 Å². The van der Waals surface area contributed by atoms with Crippen molar-refractivity contribution < 1.29 is 9.59 Å². The topological polar surface area (TPSA) is 84.2 Å². The highest BCUT2D eigenvalue weighted by molar-refractivity contribution is 5.94. The smallest absolute Gasteiger partial charge is 0.251 e. The van der Waals surface area contributed by atoms with Gasteiger partial charge in [0, 0.05) is 31.1 Å². The van der Waals surface area contributed by atoms with Crippen LogP contribution in [0.2, 0.25) is 0 Å². The van der Waals surface area contributed by atoms with Crippen molar-refractivity contribution in [3.8, 4) is 0 Å². The number of hydrogen-bond donors (Lipinski definition) is 3. The first-order valence-corrected chi connectivity index (χ1v) is 6.43. The van der Waals surface area contributed by atoms with E-state index in [-0.39, 0.29) is 17.7 Å². The Morgan fingerprint density at radius 1 is 1.32 bits per heavy atom. The Hall–Kier alpha value is -1.88. The van der Waals surface area contributed by atoms with Crippen molar-refractivity contribution in [2.75, 3.05) is 13.1 Å². The third kappa shape index (κ3) is 4.71. The lowest BCUT2D eigenvalue weighted by atomic mass is 10.1. The Labute approximate surface area is 113 Å². The lowest BCUT2D eigenvalue weighted by Gasteiger charge is -2.10. The van der Waals surface area contributed by atoms with Crippen molar-refractivity contribution >= 4 is 11.8 Å². The first kappa shape index (κ1) is 15.2. The van der Waals surface area contributed by atoms with Crippen LogP contribution in [0.4, 0.5) is 0 Å². The Balaban J connectivity index is 2.62. The highest BCUT2D eigenvalue weighted by Gasteiger charge is 2.10. The van der Waals surface area contributed by atoms with Gasteiger partial charge < -0.3 is 16.4 Å². The predicted octanol–water partition coefficient (Wildman–Crippen LogP) is 0.647. The Morgan fingerprint density at radius 3 is 2.68 bits per heavy atom. The van der Waals surface area contributed by atoms with Gasteiger partial charge in [-0.25, -0.2) is 0 Å². The minimum Gasteiger partial charge on any atom is -0.352 e. The molecular formula is C14H21N3O2. The van der Waals surface area contributed by atoms with Gasteiger partial charge in [-0.15, -0.1) is 0 Å². The summed E-state index contributed by atoms with van der Waals surface area (Å²) in [5.41, 5.74) is 6.91. The summed E-state index contributed by atoms with van der Waals surface area (Å²) in [5, 5.41) is 5.54. The number of carbonyl (C=O) groups is 2. The van der Waals surface area contributed by atoms with Crippen molar-refractivity contribution in [3.63, 3.8) is 0 Å². The van der Waals surface area contributed by atoms with E-state index in [0.717, 1.165) is 5.56 Å². The highest BCUT2D eigenvalue weighted by atomic mass is 16.2. The van der Waals surface area contributed by atoms with Gasteiger partial charge in [0.25, 0.3) is 5.91 Å². The second kappa shape index (κ2) is 7.53. The third-order valence-corrected chi connectivity index (χ3v) is 2.79. The molecule has 0 heterocycles. The zero-order valence-electron chi connectivity index (χ0n) is 11.4. The molecule has 0 aliphatic rings. The van der Waals surface area contributed by atoms with Crippen LogP contribution in [0.1, 0.15) is 29.8 Å². The molecule has 2 amide bonds. The zero-order valence-corrected chi connectivity index (χ0v) is 11.4. The van der Waals surface area contributed by atoms with Crippen molar-refractivity contribution in [1.29, 1.82) is 0 Å². The summed E-state index contributed by atoms with van der Waals surface area (Å²) in [5.74, 6) is -0.386. The molecule has 5 nitrogen and oxygen atoms in total. The molecule has 0 aromatic heterocycles. The molecule has 0 saturated heterocycles. The second-order valence-electron chi connectivity index (χ2n) is 4.41. The summed E-state index contributed by atoms with van der Waals surface area (Å²) in [7, 11) is 0. The summed E-state index contributed by atoms with van der Waals surface area (Å²) >= 11 is 0. The van der Waals surface area contributed by atoms with Gasteiger partial charge in [0.2, 0.25) is 5.91 Å². The lowest BCUT2D eigenvalue weighted by molar-refractivity contribution is -0.124. The average Bonchev–Trinajstić information content (AvgIpc) is 2.44. The van der Waals surface area contributed by atoms with Gasteiger partial charge in [0.1, 0.15) is 0 Å². The Bertz CT molecular complexity index is 446. The van der Waals surface area contributed by atoms with E-state index in [9.17, 15) is 9.59 Å². The molecule has 1 aromatic carbocycles. The summed E-state index contributed by atoms with van der Waals surface area (Å²) < 4.78 is 0. The number of nitrogens with one attached hydrogen (secondary N) is 2. The molecule has 0 saturated carbocycles. The SMILES string of the molecule is CCNC(=O)c1cccc(CNC(=O)C(C)CN)c1. The zero-order chi connectivity index (χ0) is 14.3. The number of benzene rings is 1. The van der Waals surface area contributed by atoms with E-state index in [2.05, 4.69) is 10.6 Å². The normalized spacial score (nSPS) is 11.7. The largest absolute Gasteiger partial charge is 0.352 e. The second-order valence-corrected chi connectivity index (χ2v) is 4.41. The van der Waals surface area contributed by atoms with E-state index in [1.807, 2.05) is 13.0 Å². The van der Waals surface area contributed by atoms with E-state index < -0.39 is 0 Å². The average molecular weight is 263 g/mol. The number of amides is 2. The number of rotatable bonds is 6. The molecule has 0 spiro atoms. The molecule has 1 rings (SSSR count). The first-order chi connectivity index (χ1) is 9.08. The number of hydrogen-bond acceptors (Lipinski definition) is 3. The maximum Gasteiger partial charge on any atom is 0.251 e. The minimum atomic E-state index is -0.202. The van der Waals surface area contributed by atoms with Gasteiger partial charge in [-0.1, -0.05) is 19.1 Å². The Kier molecular flexibility index (Phi) is 6.02. The molecule has 19 heavy (non-hydrogen) atoms. The fourth-order valence-electron chi connectivity index (χ4n) is 1.56. The monoisotopic (exact) mass is 263 g/mol. The van der Waals surface area contributed by atoms with Crippen LogP contribution in [0, 0.1) is 5.92 Å². The molecule has 4 N–H and O–H groups in total. The van der Waals surface area contributed by atoms with Crippen LogP contribution in [0.25, 0.3) is 0 Å². The summed E-state index contributed by atoms with van der Waals surface area (Å²) in [6.45, 7) is 4.96. The summed E-state index contributed by atoms with van der Waals surface area (Å²) in [4.78, 5) is 23.3. The van der Waals surface area contributed by atoms with Crippen LogP contribution in [0.15, 0.2) is 24.3 Å². The fourth-order valence-corrected chi connectivity index (χ4v) is 1.56. The minimum absolute atomic E-state index is 0.0779. The molecule has 0 fully saturated rings. The lowest BCUT2D eigenvalue weighted by Crippen LogP contribution is -2.32. The van der Waals surface area contributed by atoms with E-state index in [1.165, 1.54) is 0 Å². The van der Waals surface area contributed by atoms with Crippen LogP contribution in [0.5, 0.6) is 0 Å². The van der Waals surface area contributed by atoms with Crippen molar-refractivity contribution in [2.24, 2.45) is 11.7 Å². The van der Waals surface area contributed by atoms with Gasteiger partial charge in [-0.3, -0.25) is 9.59 Å². The molecule has 1 aromatic rings. The van der Waals surface area contributed by atoms with Crippen molar-refractivity contribution in [1.82, 2.24) is 10.6 Å². The quantitative estimate of drug-likeness (QED) is 0.704. The molecular weight excluding hydrogens is 242 g/mol. The molecule has 1 atom stereocenters. The highest BCUT2D eigenvalue weighted by Crippen LogP contribution is 2.05. The molecule has 5 heteroatoms. The molecule has 0 bridgehead atoms. The summed E-state index contributed by atoms with van der Waals surface area (Å²) in [6, 6.07) is 7.20. The Morgan fingerprint density at radius 2 is 2.05 bits per heavy atom. The summed E-state index contributed by atoms with van der Waals surface area (Å²) in [6.07, 6.45) is 0. The van der Waals surface area contributed by atoms with Crippen LogP contribution in [-0.4, -0.2) is 24.9 Å². The van der Waals surface area contributed by atoms with E-state index in [4.69, 9.17) is 5.73 Å². The molecule has 0 aliphatic heterocycles. The van der Waals surface area contributed by atoms with E-state index >= 15 is 0 Å². The van der Waals surface area contributed by atoms with Crippen LogP contribution >= 0.6 is 0 Å². The molecule has 0 radical (unpaired) electrons. The van der Waals surface area contributed by atoms with Gasteiger partial charge in [0.15, 0.2) is 0 Å². The van der Waals surface area contributed by atoms with Crippen LogP contribution in [0.3, 0.4) is 0 Å². The first-order valence-electron chi connectivity index (χ1n) is 6.43. The molecule has 104 valence electrons. The standard InChI is InChI=1S/C14H21N3O2/c1-3-16-14(19)12-6-4-5-11(7-12)9-17-13(18)10(2)8-15/h4-7,10H,3,8-9,15H2,1-2H3,(H,16,19)(H,17,18). The van der Waals surface area contributed by atoms with Gasteiger partial charge in [-0.2, -0.15) is 0 Å². The maximum atomic E-state index is 11.7. The number of carbonyl (C=O) groups excluding carboxylic acids is 2. The molecule has 1 unspecified atom stereocenters. The van der Waals surface area contributed by atoms with E-state index in [1.54, 1.807) is 25.1 Å². The third-order valence-electron chi connectivity index (χ3n) is 2.79. The van der Waals surface area contributed by atoms with Gasteiger partial charge in [0.05, 0.1) is 0 Å². The van der Waals surface area contributed by atoms with Crippen LogP contribution < -0.4 is 16.4 Å². The van der Waals surface area contributed by atoms with Crippen LogP contribution in [-0.2, 0) is 11.3 Å². The van der Waals surface area contributed by atoms with E-state index in [0.29, 0.717) is 25.2 Å².